The molecular weight excluding hydrogens is 533 g/mol. The number of anilines is 1. The molecule has 1 aromatic carbocycles. The number of nitrogens with zero attached hydrogens (tertiary/aromatic N) is 5. The summed E-state index contributed by atoms with van der Waals surface area (Å²) in [5, 5.41) is 11.6. The van der Waals surface area contributed by atoms with Crippen molar-refractivity contribution in [1.29, 1.82) is 0 Å². The van der Waals surface area contributed by atoms with E-state index in [-0.39, 0.29) is 24.9 Å². The summed E-state index contributed by atoms with van der Waals surface area (Å²) in [6.07, 6.45) is 1.56. The van der Waals surface area contributed by atoms with Crippen LogP contribution in [0.2, 0.25) is 10.0 Å². The maximum absolute atomic E-state index is 13.1. The molecule has 37 heavy (non-hydrogen) atoms. The summed E-state index contributed by atoms with van der Waals surface area (Å²) in [5.74, 6) is 1.07. The molecule has 0 atom stereocenters. The van der Waals surface area contributed by atoms with E-state index in [0.29, 0.717) is 52.6 Å². The van der Waals surface area contributed by atoms with Crippen molar-refractivity contribution >= 4 is 52.2 Å². The van der Waals surface area contributed by atoms with E-state index in [2.05, 4.69) is 15.1 Å². The summed E-state index contributed by atoms with van der Waals surface area (Å²) in [5.41, 5.74) is 1.42. The summed E-state index contributed by atoms with van der Waals surface area (Å²) in [6, 6.07) is 16.2. The summed E-state index contributed by atoms with van der Waals surface area (Å²) >= 11 is 13.6. The maximum Gasteiger partial charge on any atom is 0.264 e. The van der Waals surface area contributed by atoms with Gasteiger partial charge in [-0.05, 0) is 53.9 Å². The highest BCUT2D eigenvalue weighted by atomic mass is 35.5. The van der Waals surface area contributed by atoms with Crippen molar-refractivity contribution in [1.82, 2.24) is 20.0 Å². The van der Waals surface area contributed by atoms with Crippen molar-refractivity contribution < 1.29 is 14.0 Å². The number of halogens is 2. The van der Waals surface area contributed by atoms with Crippen LogP contribution >= 0.6 is 34.5 Å². The monoisotopic (exact) mass is 555 g/mol. The van der Waals surface area contributed by atoms with Crippen molar-refractivity contribution in [2.24, 2.45) is 0 Å². The number of hydrogen-bond donors (Lipinski definition) is 0. The lowest BCUT2D eigenvalue weighted by atomic mass is 10.1. The first-order valence-electron chi connectivity index (χ1n) is 11.6. The molecule has 0 unspecified atom stereocenters. The van der Waals surface area contributed by atoms with Crippen LogP contribution in [0.1, 0.15) is 15.4 Å². The van der Waals surface area contributed by atoms with E-state index in [1.165, 1.54) is 16.2 Å². The van der Waals surface area contributed by atoms with E-state index in [4.69, 9.17) is 27.6 Å². The molecule has 1 fully saturated rings. The predicted octanol–water partition coefficient (Wildman–Crippen LogP) is 5.10. The van der Waals surface area contributed by atoms with E-state index in [1.54, 1.807) is 41.5 Å². The van der Waals surface area contributed by atoms with Gasteiger partial charge in [-0.1, -0.05) is 29.3 Å². The van der Waals surface area contributed by atoms with Crippen LogP contribution in [-0.2, 0) is 11.3 Å². The number of piperazine rings is 1. The molecule has 5 rings (SSSR count). The van der Waals surface area contributed by atoms with Gasteiger partial charge in [-0.25, -0.2) is 0 Å². The van der Waals surface area contributed by atoms with Gasteiger partial charge in [0.15, 0.2) is 5.82 Å². The Morgan fingerprint density at radius 3 is 2.49 bits per heavy atom. The van der Waals surface area contributed by atoms with Gasteiger partial charge < -0.3 is 19.1 Å². The smallest absolute Gasteiger partial charge is 0.264 e. The van der Waals surface area contributed by atoms with Crippen molar-refractivity contribution in [3.8, 4) is 11.3 Å². The third-order valence-corrected chi connectivity index (χ3v) is 7.49. The first-order chi connectivity index (χ1) is 18.0. The average Bonchev–Trinajstić information content (AvgIpc) is 3.63. The molecule has 0 radical (unpaired) electrons. The van der Waals surface area contributed by atoms with Gasteiger partial charge in [-0.2, -0.15) is 0 Å². The molecule has 0 N–H and O–H groups in total. The molecule has 2 amide bonds. The standard InChI is InChI=1S/C26H23Cl2N5O3S/c27-18-5-6-20(21(28)15-18)22-7-8-24(30-29-22)31-9-11-32(12-10-31)25(34)17-33(16-19-3-1-13-36-19)26(35)23-4-2-14-37-23/h1-8,13-15H,9-12,16-17H2. The van der Waals surface area contributed by atoms with Gasteiger partial charge >= 0.3 is 0 Å². The highest BCUT2D eigenvalue weighted by Gasteiger charge is 2.27. The molecule has 0 spiro atoms. The molecule has 4 aromatic rings. The van der Waals surface area contributed by atoms with Crippen LogP contribution in [0.25, 0.3) is 11.3 Å². The Kier molecular flexibility index (Phi) is 7.73. The maximum atomic E-state index is 13.1. The molecule has 0 saturated carbocycles. The molecular formula is C26H23Cl2N5O3S. The van der Waals surface area contributed by atoms with Gasteiger partial charge in [0.2, 0.25) is 5.91 Å². The third-order valence-electron chi connectivity index (χ3n) is 6.09. The minimum Gasteiger partial charge on any atom is -0.467 e. The number of aromatic nitrogens is 2. The van der Waals surface area contributed by atoms with Crippen LogP contribution in [0.5, 0.6) is 0 Å². The SMILES string of the molecule is O=C(CN(Cc1ccco1)C(=O)c1cccs1)N1CCN(c2ccc(-c3ccc(Cl)cc3Cl)nn2)CC1. The highest BCUT2D eigenvalue weighted by Crippen LogP contribution is 2.29. The fourth-order valence-corrected chi connectivity index (χ4v) is 5.33. The fourth-order valence-electron chi connectivity index (χ4n) is 4.13. The molecule has 190 valence electrons. The first-order valence-corrected chi connectivity index (χ1v) is 13.3. The van der Waals surface area contributed by atoms with Gasteiger partial charge in [-0.3, -0.25) is 9.59 Å². The lowest BCUT2D eigenvalue weighted by Crippen LogP contribution is -2.52. The summed E-state index contributed by atoms with van der Waals surface area (Å²) in [4.78, 5) is 32.2. The van der Waals surface area contributed by atoms with Crippen molar-refractivity contribution in [2.75, 3.05) is 37.6 Å². The van der Waals surface area contributed by atoms with Crippen molar-refractivity contribution in [2.45, 2.75) is 6.54 Å². The van der Waals surface area contributed by atoms with Gasteiger partial charge in [0.05, 0.1) is 28.4 Å². The minimum absolute atomic E-state index is 0.0201. The zero-order valence-electron chi connectivity index (χ0n) is 19.7. The normalized spacial score (nSPS) is 13.6. The zero-order chi connectivity index (χ0) is 25.8. The Bertz CT molecular complexity index is 1360. The lowest BCUT2D eigenvalue weighted by Gasteiger charge is -2.36. The van der Waals surface area contributed by atoms with E-state index in [1.807, 2.05) is 29.6 Å². The average molecular weight is 556 g/mol. The van der Waals surface area contributed by atoms with Crippen LogP contribution in [-0.4, -0.2) is 64.5 Å². The highest BCUT2D eigenvalue weighted by molar-refractivity contribution is 7.12. The summed E-state index contributed by atoms with van der Waals surface area (Å²) in [7, 11) is 0. The second kappa shape index (κ2) is 11.3. The number of carbonyl (C=O) groups excluding carboxylic acids is 2. The molecule has 4 heterocycles. The molecule has 8 nitrogen and oxygen atoms in total. The van der Waals surface area contributed by atoms with Gasteiger partial charge in [-0.15, -0.1) is 21.5 Å². The Morgan fingerprint density at radius 1 is 1.00 bits per heavy atom. The Hall–Kier alpha value is -3.40. The topological polar surface area (TPSA) is 82.8 Å². The zero-order valence-corrected chi connectivity index (χ0v) is 22.0. The summed E-state index contributed by atoms with van der Waals surface area (Å²) in [6.45, 7) is 2.47. The summed E-state index contributed by atoms with van der Waals surface area (Å²) < 4.78 is 5.42. The van der Waals surface area contributed by atoms with Crippen LogP contribution < -0.4 is 4.90 Å². The van der Waals surface area contributed by atoms with Crippen molar-refractivity contribution in [3.63, 3.8) is 0 Å². The number of carbonyl (C=O) groups is 2. The number of rotatable bonds is 7. The van der Waals surface area contributed by atoms with Crippen LogP contribution in [0.3, 0.4) is 0 Å². The molecule has 11 heteroatoms. The van der Waals surface area contributed by atoms with E-state index in [0.717, 1.165) is 11.4 Å². The van der Waals surface area contributed by atoms with Crippen LogP contribution in [0, 0.1) is 0 Å². The van der Waals surface area contributed by atoms with Crippen molar-refractivity contribution in [3.05, 3.63) is 86.9 Å². The molecule has 0 aliphatic carbocycles. The third kappa shape index (κ3) is 5.95. The van der Waals surface area contributed by atoms with Gasteiger partial charge in [0, 0.05) is 36.8 Å². The number of amides is 2. The number of furan rings is 1. The predicted molar refractivity (Wildman–Crippen MR) is 144 cm³/mol. The second-order valence-corrected chi connectivity index (χ2v) is 10.3. The number of hydrogen-bond acceptors (Lipinski definition) is 7. The molecule has 1 saturated heterocycles. The lowest BCUT2D eigenvalue weighted by molar-refractivity contribution is -0.132. The largest absolute Gasteiger partial charge is 0.467 e. The quantitative estimate of drug-likeness (QED) is 0.315. The molecule has 0 bridgehead atoms. The van der Waals surface area contributed by atoms with E-state index in [9.17, 15) is 9.59 Å². The molecule has 1 aliphatic rings. The van der Waals surface area contributed by atoms with E-state index < -0.39 is 0 Å². The first kappa shape index (κ1) is 25.3. The van der Waals surface area contributed by atoms with E-state index >= 15 is 0 Å². The Morgan fingerprint density at radius 2 is 1.84 bits per heavy atom. The van der Waals surface area contributed by atoms with Crippen LogP contribution in [0.4, 0.5) is 5.82 Å². The number of benzene rings is 1. The van der Waals surface area contributed by atoms with Crippen LogP contribution in [0.15, 0.2) is 70.7 Å². The van der Waals surface area contributed by atoms with Gasteiger partial charge in [0.1, 0.15) is 12.3 Å². The fraction of sp³-hybridized carbons (Fsp3) is 0.231. The Balaban J connectivity index is 1.20. The molecule has 3 aromatic heterocycles. The second-order valence-electron chi connectivity index (χ2n) is 8.49. The molecule has 1 aliphatic heterocycles. The number of thiophene rings is 1. The van der Waals surface area contributed by atoms with Gasteiger partial charge in [0.25, 0.3) is 5.91 Å². The Labute approximate surface area is 228 Å². The minimum atomic E-state index is -0.186.